The van der Waals surface area contributed by atoms with Gasteiger partial charge in [-0.15, -0.1) is 0 Å². The first-order valence-corrected chi connectivity index (χ1v) is 9.88. The van der Waals surface area contributed by atoms with Crippen LogP contribution < -0.4 is 0 Å². The number of esters is 1. The Bertz CT molecular complexity index is 1230. The maximum Gasteiger partial charge on any atom is 0.339 e. The molecule has 0 spiro atoms. The van der Waals surface area contributed by atoms with E-state index in [2.05, 4.69) is 43.3 Å². The molecule has 3 aromatic carbocycles. The van der Waals surface area contributed by atoms with Gasteiger partial charge in [-0.3, -0.25) is 0 Å². The molecule has 1 heterocycles. The van der Waals surface area contributed by atoms with Crippen molar-refractivity contribution >= 4 is 17.6 Å². The zero-order valence-electron chi connectivity index (χ0n) is 16.9. The summed E-state index contributed by atoms with van der Waals surface area (Å²) in [5.41, 5.74) is 7.42. The molecule has 5 heteroatoms. The smallest absolute Gasteiger partial charge is 0.339 e. The maximum absolute atomic E-state index is 11.7. The van der Waals surface area contributed by atoms with Gasteiger partial charge in [-0.25, -0.2) is 4.79 Å². The molecule has 0 N–H and O–H groups in total. The van der Waals surface area contributed by atoms with Gasteiger partial charge in [0.1, 0.15) is 5.69 Å². The molecule has 30 heavy (non-hydrogen) atoms. The van der Waals surface area contributed by atoms with E-state index in [9.17, 15) is 4.79 Å². The van der Waals surface area contributed by atoms with Crippen molar-refractivity contribution in [3.05, 3.63) is 88.4 Å². The van der Waals surface area contributed by atoms with Crippen molar-refractivity contribution in [1.82, 2.24) is 5.16 Å². The molecular formula is C25H20ClNO3. The number of halogens is 1. The van der Waals surface area contributed by atoms with Crippen LogP contribution in [0.25, 0.3) is 33.7 Å². The molecule has 0 amide bonds. The lowest BCUT2D eigenvalue weighted by atomic mass is 9.92. The Labute approximate surface area is 180 Å². The van der Waals surface area contributed by atoms with E-state index < -0.39 is 5.97 Å². The minimum absolute atomic E-state index is 0.308. The zero-order valence-corrected chi connectivity index (χ0v) is 17.7. The van der Waals surface area contributed by atoms with Crippen LogP contribution in [-0.4, -0.2) is 18.2 Å². The highest BCUT2D eigenvalue weighted by atomic mass is 35.5. The molecule has 0 unspecified atom stereocenters. The van der Waals surface area contributed by atoms with Crippen molar-refractivity contribution in [2.24, 2.45) is 0 Å². The maximum atomic E-state index is 11.7. The lowest BCUT2D eigenvalue weighted by Crippen LogP contribution is -2.01. The number of rotatable bonds is 4. The SMILES string of the molecule is COC(=O)c1ccc(-c2cc(-c3ccc(-c4ccccc4)c(C)c3C)on2)cc1Cl. The third-order valence-corrected chi connectivity index (χ3v) is 5.63. The molecule has 0 fully saturated rings. The van der Waals surface area contributed by atoms with Crippen LogP contribution >= 0.6 is 11.6 Å². The first-order valence-electron chi connectivity index (χ1n) is 9.50. The number of aromatic nitrogens is 1. The second-order valence-electron chi connectivity index (χ2n) is 7.04. The van der Waals surface area contributed by atoms with E-state index in [0.717, 1.165) is 16.7 Å². The van der Waals surface area contributed by atoms with Gasteiger partial charge in [-0.2, -0.15) is 0 Å². The molecule has 4 nitrogen and oxygen atoms in total. The van der Waals surface area contributed by atoms with E-state index in [0.29, 0.717) is 22.0 Å². The summed E-state index contributed by atoms with van der Waals surface area (Å²) in [6.45, 7) is 4.20. The molecule has 0 bridgehead atoms. The Kier molecular flexibility index (Phi) is 5.42. The highest BCUT2D eigenvalue weighted by Crippen LogP contribution is 2.35. The van der Waals surface area contributed by atoms with Crippen molar-refractivity contribution in [3.8, 4) is 33.7 Å². The van der Waals surface area contributed by atoms with Crippen LogP contribution in [0.1, 0.15) is 21.5 Å². The number of methoxy groups -OCH3 is 1. The summed E-state index contributed by atoms with van der Waals surface area (Å²) >= 11 is 6.24. The van der Waals surface area contributed by atoms with E-state index in [4.69, 9.17) is 20.9 Å². The Morgan fingerprint density at radius 2 is 1.60 bits per heavy atom. The van der Waals surface area contributed by atoms with Crippen molar-refractivity contribution < 1.29 is 14.1 Å². The van der Waals surface area contributed by atoms with Gasteiger partial charge in [0.15, 0.2) is 5.76 Å². The molecule has 0 atom stereocenters. The zero-order chi connectivity index (χ0) is 21.3. The normalized spacial score (nSPS) is 10.8. The lowest BCUT2D eigenvalue weighted by molar-refractivity contribution is 0.0601. The van der Waals surface area contributed by atoms with Gasteiger partial charge in [-0.05, 0) is 48.2 Å². The minimum atomic E-state index is -0.475. The first-order chi connectivity index (χ1) is 14.5. The predicted octanol–water partition coefficient (Wildman–Crippen LogP) is 6.73. The number of ether oxygens (including phenoxy) is 1. The largest absolute Gasteiger partial charge is 0.465 e. The number of benzene rings is 3. The van der Waals surface area contributed by atoms with Gasteiger partial charge in [0.05, 0.1) is 17.7 Å². The molecule has 4 rings (SSSR count). The Balaban J connectivity index is 1.69. The summed E-state index contributed by atoms with van der Waals surface area (Å²) < 4.78 is 10.4. The summed E-state index contributed by atoms with van der Waals surface area (Å²) in [5.74, 6) is 0.204. The van der Waals surface area contributed by atoms with Crippen LogP contribution in [0.5, 0.6) is 0 Å². The fourth-order valence-electron chi connectivity index (χ4n) is 3.51. The number of hydrogen-bond donors (Lipinski definition) is 0. The summed E-state index contributed by atoms with van der Waals surface area (Å²) in [5, 5.41) is 4.51. The van der Waals surface area contributed by atoms with Crippen molar-refractivity contribution in [2.75, 3.05) is 7.11 Å². The number of hydrogen-bond acceptors (Lipinski definition) is 4. The molecule has 0 radical (unpaired) electrons. The number of nitrogens with zero attached hydrogens (tertiary/aromatic N) is 1. The molecular weight excluding hydrogens is 398 g/mol. The Morgan fingerprint density at radius 3 is 2.30 bits per heavy atom. The number of carbonyl (C=O) groups is 1. The van der Waals surface area contributed by atoms with Gasteiger partial charge >= 0.3 is 5.97 Å². The van der Waals surface area contributed by atoms with Gasteiger partial charge in [-0.1, -0.05) is 65.3 Å². The van der Waals surface area contributed by atoms with E-state index in [-0.39, 0.29) is 0 Å². The van der Waals surface area contributed by atoms with Gasteiger partial charge < -0.3 is 9.26 Å². The monoisotopic (exact) mass is 417 g/mol. The summed E-state index contributed by atoms with van der Waals surface area (Å²) in [6, 6.07) is 21.4. The highest BCUT2D eigenvalue weighted by molar-refractivity contribution is 6.33. The van der Waals surface area contributed by atoms with Gasteiger partial charge in [0.25, 0.3) is 0 Å². The van der Waals surface area contributed by atoms with Crippen LogP contribution in [0, 0.1) is 13.8 Å². The van der Waals surface area contributed by atoms with E-state index in [1.54, 1.807) is 18.2 Å². The molecule has 0 aliphatic rings. The van der Waals surface area contributed by atoms with E-state index in [1.807, 2.05) is 24.3 Å². The molecule has 0 aliphatic carbocycles. The van der Waals surface area contributed by atoms with Crippen molar-refractivity contribution in [3.63, 3.8) is 0 Å². The first kappa shape index (κ1) is 19.9. The minimum Gasteiger partial charge on any atom is -0.465 e. The molecule has 1 aromatic heterocycles. The van der Waals surface area contributed by atoms with Crippen LogP contribution in [0.3, 0.4) is 0 Å². The molecule has 0 saturated carbocycles. The average molecular weight is 418 g/mol. The highest BCUT2D eigenvalue weighted by Gasteiger charge is 2.16. The summed E-state index contributed by atoms with van der Waals surface area (Å²) in [6.07, 6.45) is 0. The fourth-order valence-corrected chi connectivity index (χ4v) is 3.76. The van der Waals surface area contributed by atoms with Crippen LogP contribution in [0.2, 0.25) is 5.02 Å². The molecule has 4 aromatic rings. The molecule has 0 aliphatic heterocycles. The van der Waals surface area contributed by atoms with Crippen LogP contribution in [0.4, 0.5) is 0 Å². The quantitative estimate of drug-likeness (QED) is 0.345. The summed E-state index contributed by atoms with van der Waals surface area (Å²) in [7, 11) is 1.32. The van der Waals surface area contributed by atoms with E-state index >= 15 is 0 Å². The van der Waals surface area contributed by atoms with Crippen LogP contribution in [-0.2, 0) is 4.74 Å². The second kappa shape index (κ2) is 8.17. The fraction of sp³-hybridized carbons (Fsp3) is 0.120. The lowest BCUT2D eigenvalue weighted by Gasteiger charge is -2.12. The van der Waals surface area contributed by atoms with Crippen LogP contribution in [0.15, 0.2) is 71.3 Å². The average Bonchev–Trinajstić information content (AvgIpc) is 3.25. The standard InChI is InChI=1S/C25H20ClNO3/c1-15-16(2)20(12-11-19(15)17-7-5-4-6-8-17)24-14-23(27-30-24)18-9-10-21(22(26)13-18)25(28)29-3/h4-14H,1-3H3. The van der Waals surface area contributed by atoms with Crippen molar-refractivity contribution in [1.29, 1.82) is 0 Å². The third kappa shape index (κ3) is 3.62. The topological polar surface area (TPSA) is 52.3 Å². The van der Waals surface area contributed by atoms with E-state index in [1.165, 1.54) is 23.8 Å². The van der Waals surface area contributed by atoms with Gasteiger partial charge in [0.2, 0.25) is 0 Å². The molecule has 150 valence electrons. The van der Waals surface area contributed by atoms with Gasteiger partial charge in [0, 0.05) is 17.2 Å². The third-order valence-electron chi connectivity index (χ3n) is 5.32. The predicted molar refractivity (Wildman–Crippen MR) is 119 cm³/mol. The molecule has 0 saturated heterocycles. The summed E-state index contributed by atoms with van der Waals surface area (Å²) in [4.78, 5) is 11.7. The van der Waals surface area contributed by atoms with Crippen molar-refractivity contribution in [2.45, 2.75) is 13.8 Å². The number of carbonyl (C=O) groups excluding carboxylic acids is 1. The Hall–Kier alpha value is -3.37. The Morgan fingerprint density at radius 1 is 0.900 bits per heavy atom. The second-order valence-corrected chi connectivity index (χ2v) is 7.45.